The molecule has 34 heavy (non-hydrogen) atoms. The van der Waals surface area contributed by atoms with Gasteiger partial charge in [-0.25, -0.2) is 9.59 Å². The lowest BCUT2D eigenvalue weighted by molar-refractivity contribution is 0.0686. The Kier molecular flexibility index (Phi) is 8.68. The molecule has 6 heteroatoms. The summed E-state index contributed by atoms with van der Waals surface area (Å²) in [7, 11) is 0. The Morgan fingerprint density at radius 3 is 1.29 bits per heavy atom. The van der Waals surface area contributed by atoms with E-state index in [1.807, 2.05) is 12.1 Å². The first-order valence-corrected chi connectivity index (χ1v) is 11.6. The Hall–Kier alpha value is -3.80. The van der Waals surface area contributed by atoms with Crippen LogP contribution in [0.2, 0.25) is 0 Å². The van der Waals surface area contributed by atoms with Gasteiger partial charge >= 0.3 is 11.9 Å². The minimum Gasteiger partial charge on any atom is -0.493 e. The fraction of sp³-hybridized carbons (Fsp3) is 0.286. The third-order valence-electron chi connectivity index (χ3n) is 5.48. The predicted molar refractivity (Wildman–Crippen MR) is 132 cm³/mol. The first kappa shape index (κ1) is 24.8. The fourth-order valence-electron chi connectivity index (χ4n) is 3.49. The monoisotopic (exact) mass is 462 g/mol. The molecule has 3 aromatic carbocycles. The lowest BCUT2D eigenvalue weighted by Gasteiger charge is -2.18. The van der Waals surface area contributed by atoms with Gasteiger partial charge in [0.15, 0.2) is 0 Å². The second-order valence-corrected chi connectivity index (χ2v) is 8.01. The van der Waals surface area contributed by atoms with Crippen molar-refractivity contribution < 1.29 is 29.3 Å². The maximum atomic E-state index is 11.3. The van der Waals surface area contributed by atoms with Crippen LogP contribution in [0.4, 0.5) is 0 Å². The molecule has 178 valence electrons. The van der Waals surface area contributed by atoms with Gasteiger partial charge in [0.1, 0.15) is 11.5 Å². The van der Waals surface area contributed by atoms with Crippen molar-refractivity contribution in [2.24, 2.45) is 0 Å². The van der Waals surface area contributed by atoms with Crippen molar-refractivity contribution in [1.29, 1.82) is 0 Å². The molecule has 3 aromatic rings. The zero-order valence-electron chi connectivity index (χ0n) is 19.5. The highest BCUT2D eigenvalue weighted by atomic mass is 16.5. The fourth-order valence-corrected chi connectivity index (χ4v) is 3.49. The minimum absolute atomic E-state index is 0.215. The minimum atomic E-state index is -0.977. The summed E-state index contributed by atoms with van der Waals surface area (Å²) in [6, 6.07) is 17.2. The Morgan fingerprint density at radius 1 is 0.647 bits per heavy atom. The van der Waals surface area contributed by atoms with Crippen LogP contribution in [-0.2, 0) is 0 Å². The predicted octanol–water partition coefficient (Wildman–Crippen LogP) is 6.77. The highest BCUT2D eigenvalue weighted by Gasteiger charge is 2.17. The molecule has 6 nitrogen and oxygen atoms in total. The van der Waals surface area contributed by atoms with Gasteiger partial charge in [-0.15, -0.1) is 0 Å². The quantitative estimate of drug-likeness (QED) is 0.288. The highest BCUT2D eigenvalue weighted by molar-refractivity contribution is 5.90. The number of benzene rings is 3. The largest absolute Gasteiger partial charge is 0.493 e. The zero-order chi connectivity index (χ0) is 24.5. The molecule has 3 rings (SSSR count). The summed E-state index contributed by atoms with van der Waals surface area (Å²) in [6.45, 7) is 5.28. The number of hydrogen-bond acceptors (Lipinski definition) is 4. The molecule has 0 saturated carbocycles. The molecular weight excluding hydrogens is 432 g/mol. The van der Waals surface area contributed by atoms with E-state index in [0.29, 0.717) is 24.7 Å². The summed E-state index contributed by atoms with van der Waals surface area (Å²) in [5.41, 5.74) is 3.70. The van der Waals surface area contributed by atoms with Crippen molar-refractivity contribution in [2.45, 2.75) is 39.5 Å². The van der Waals surface area contributed by atoms with Crippen molar-refractivity contribution in [3.05, 3.63) is 71.8 Å². The van der Waals surface area contributed by atoms with Gasteiger partial charge in [-0.05, 0) is 60.4 Å². The molecule has 0 aromatic heterocycles. The van der Waals surface area contributed by atoms with Crippen molar-refractivity contribution >= 4 is 11.9 Å². The average molecular weight is 463 g/mol. The van der Waals surface area contributed by atoms with Gasteiger partial charge in [0.2, 0.25) is 0 Å². The van der Waals surface area contributed by atoms with Gasteiger partial charge in [0, 0.05) is 11.1 Å². The molecule has 0 unspecified atom stereocenters. The van der Waals surface area contributed by atoms with Gasteiger partial charge in [-0.1, -0.05) is 51.0 Å². The van der Waals surface area contributed by atoms with Crippen molar-refractivity contribution in [1.82, 2.24) is 0 Å². The highest BCUT2D eigenvalue weighted by Crippen LogP contribution is 2.41. The van der Waals surface area contributed by atoms with E-state index in [1.165, 1.54) is 0 Å². The van der Waals surface area contributed by atoms with Gasteiger partial charge in [0.05, 0.1) is 24.3 Å². The van der Waals surface area contributed by atoms with Crippen LogP contribution < -0.4 is 9.47 Å². The Bertz CT molecular complexity index is 1030. The molecule has 0 heterocycles. The van der Waals surface area contributed by atoms with Crippen LogP contribution in [0.5, 0.6) is 11.5 Å². The lowest BCUT2D eigenvalue weighted by atomic mass is 9.96. The summed E-state index contributed by atoms with van der Waals surface area (Å²) >= 11 is 0. The summed E-state index contributed by atoms with van der Waals surface area (Å²) in [6.07, 6.45) is 3.78. The van der Waals surface area contributed by atoms with E-state index in [0.717, 1.165) is 47.9 Å². The van der Waals surface area contributed by atoms with E-state index < -0.39 is 11.9 Å². The lowest BCUT2D eigenvalue weighted by Crippen LogP contribution is -2.03. The molecule has 0 aliphatic carbocycles. The maximum Gasteiger partial charge on any atom is 0.335 e. The van der Waals surface area contributed by atoms with Crippen molar-refractivity contribution in [3.8, 4) is 33.8 Å². The Morgan fingerprint density at radius 2 is 1.00 bits per heavy atom. The van der Waals surface area contributed by atoms with Gasteiger partial charge in [-0.3, -0.25) is 0 Å². The Balaban J connectivity index is 2.11. The number of ether oxygens (including phenoxy) is 2. The van der Waals surface area contributed by atoms with Crippen LogP contribution in [0.15, 0.2) is 60.7 Å². The average Bonchev–Trinajstić information content (AvgIpc) is 2.85. The summed E-state index contributed by atoms with van der Waals surface area (Å²) in [5, 5.41) is 18.5. The van der Waals surface area contributed by atoms with Crippen LogP contribution in [0.3, 0.4) is 0 Å². The summed E-state index contributed by atoms with van der Waals surface area (Å²) in [5.74, 6) is -0.627. The number of aromatic carboxylic acids is 2. The normalized spacial score (nSPS) is 10.6. The van der Waals surface area contributed by atoms with Crippen LogP contribution in [0.25, 0.3) is 22.3 Å². The van der Waals surface area contributed by atoms with Gasteiger partial charge < -0.3 is 19.7 Å². The smallest absolute Gasteiger partial charge is 0.335 e. The first-order valence-electron chi connectivity index (χ1n) is 11.6. The van der Waals surface area contributed by atoms with E-state index in [-0.39, 0.29) is 11.1 Å². The molecule has 2 N–H and O–H groups in total. The SMILES string of the molecule is CCCCOc1cc(-c2ccc(C(=O)O)cc2)c(OCCCC)cc1-c1ccc(C(=O)O)cc1. The topological polar surface area (TPSA) is 93.1 Å². The summed E-state index contributed by atoms with van der Waals surface area (Å²) in [4.78, 5) is 22.6. The number of carbonyl (C=O) groups is 2. The van der Waals surface area contributed by atoms with E-state index in [4.69, 9.17) is 9.47 Å². The van der Waals surface area contributed by atoms with Gasteiger partial charge in [0.25, 0.3) is 0 Å². The van der Waals surface area contributed by atoms with Crippen LogP contribution in [0, 0.1) is 0 Å². The van der Waals surface area contributed by atoms with Crippen molar-refractivity contribution in [2.75, 3.05) is 13.2 Å². The number of hydrogen-bond donors (Lipinski definition) is 2. The number of carboxylic acid groups (broad SMARTS) is 2. The van der Waals surface area contributed by atoms with Crippen LogP contribution in [-0.4, -0.2) is 35.4 Å². The third-order valence-corrected chi connectivity index (χ3v) is 5.48. The third kappa shape index (κ3) is 6.16. The molecule has 0 spiro atoms. The van der Waals surface area contributed by atoms with E-state index in [9.17, 15) is 19.8 Å². The second-order valence-electron chi connectivity index (χ2n) is 8.01. The molecule has 0 atom stereocenters. The standard InChI is InChI=1S/C28H30O6/c1-3-5-15-33-25-17-24(20-9-13-22(14-10-20)28(31)32)26(34-16-6-4-2)18-23(25)19-7-11-21(12-8-19)27(29)30/h7-14,17-18H,3-6,15-16H2,1-2H3,(H,29,30)(H,31,32). The van der Waals surface area contributed by atoms with Crippen LogP contribution in [0.1, 0.15) is 60.2 Å². The molecule has 0 amide bonds. The zero-order valence-corrected chi connectivity index (χ0v) is 19.5. The van der Waals surface area contributed by atoms with Gasteiger partial charge in [-0.2, -0.15) is 0 Å². The molecule has 0 radical (unpaired) electrons. The van der Waals surface area contributed by atoms with E-state index >= 15 is 0 Å². The Labute approximate surface area is 199 Å². The molecule has 0 aliphatic rings. The number of carboxylic acids is 2. The molecule has 0 bridgehead atoms. The van der Waals surface area contributed by atoms with E-state index in [2.05, 4.69) is 13.8 Å². The van der Waals surface area contributed by atoms with Crippen molar-refractivity contribution in [3.63, 3.8) is 0 Å². The number of unbranched alkanes of at least 4 members (excludes halogenated alkanes) is 2. The summed E-state index contributed by atoms with van der Waals surface area (Å²) < 4.78 is 12.3. The number of rotatable bonds is 12. The first-order chi connectivity index (χ1) is 16.4. The van der Waals surface area contributed by atoms with Crippen LogP contribution >= 0.6 is 0 Å². The van der Waals surface area contributed by atoms with E-state index in [1.54, 1.807) is 48.5 Å². The maximum absolute atomic E-state index is 11.3. The second kappa shape index (κ2) is 11.9. The molecule has 0 aliphatic heterocycles. The molecule has 0 fully saturated rings. The molecular formula is C28H30O6. The molecule has 0 saturated heterocycles.